The molecule has 0 amide bonds. The van der Waals surface area contributed by atoms with E-state index in [1.54, 1.807) is 0 Å². The van der Waals surface area contributed by atoms with Gasteiger partial charge in [-0.25, -0.2) is 8.78 Å². The molecule has 21 heavy (non-hydrogen) atoms. The first kappa shape index (κ1) is 14.1. The highest BCUT2D eigenvalue weighted by Gasteiger charge is 2.27. The van der Waals surface area contributed by atoms with Gasteiger partial charge in [0.15, 0.2) is 11.6 Å². The fourth-order valence-corrected chi connectivity index (χ4v) is 2.78. The van der Waals surface area contributed by atoms with E-state index in [2.05, 4.69) is 10.1 Å². The minimum absolute atomic E-state index is 0.00533. The van der Waals surface area contributed by atoms with Gasteiger partial charge in [-0.1, -0.05) is 24.4 Å². The second kappa shape index (κ2) is 5.89. The van der Waals surface area contributed by atoms with Crippen LogP contribution >= 0.6 is 0 Å². The van der Waals surface area contributed by atoms with Crippen molar-refractivity contribution in [1.29, 1.82) is 0 Å². The van der Waals surface area contributed by atoms with Gasteiger partial charge in [0.1, 0.15) is 0 Å². The average molecular weight is 293 g/mol. The second-order valence-corrected chi connectivity index (χ2v) is 5.49. The summed E-state index contributed by atoms with van der Waals surface area (Å²) in [5, 5.41) is 3.87. The van der Waals surface area contributed by atoms with E-state index in [9.17, 15) is 8.78 Å². The van der Waals surface area contributed by atoms with Crippen LogP contribution in [0.1, 0.15) is 43.9 Å². The molecule has 2 N–H and O–H groups in total. The fraction of sp³-hybridized carbons (Fsp3) is 0.467. The lowest BCUT2D eigenvalue weighted by Crippen LogP contribution is -2.27. The summed E-state index contributed by atoms with van der Waals surface area (Å²) >= 11 is 0. The molecular formula is C15H17F2N3O. The molecule has 0 spiro atoms. The van der Waals surface area contributed by atoms with Gasteiger partial charge in [-0.15, -0.1) is 0 Å². The molecule has 112 valence electrons. The predicted octanol–water partition coefficient (Wildman–Crippen LogP) is 3.39. The van der Waals surface area contributed by atoms with Gasteiger partial charge >= 0.3 is 0 Å². The zero-order valence-electron chi connectivity index (χ0n) is 11.6. The maximum Gasteiger partial charge on any atom is 0.231 e. The first-order valence-corrected chi connectivity index (χ1v) is 7.20. The van der Waals surface area contributed by atoms with Crippen LogP contribution in [0.5, 0.6) is 0 Å². The predicted molar refractivity (Wildman–Crippen MR) is 73.5 cm³/mol. The molecule has 6 heteroatoms. The van der Waals surface area contributed by atoms with Crippen molar-refractivity contribution >= 4 is 0 Å². The topological polar surface area (TPSA) is 64.9 Å². The molecule has 1 aliphatic carbocycles. The van der Waals surface area contributed by atoms with Crippen molar-refractivity contribution in [2.24, 2.45) is 5.73 Å². The van der Waals surface area contributed by atoms with Crippen LogP contribution in [0.3, 0.4) is 0 Å². The Morgan fingerprint density at radius 3 is 2.71 bits per heavy atom. The van der Waals surface area contributed by atoms with Crippen molar-refractivity contribution in [3.8, 4) is 11.4 Å². The normalized spacial score (nSPS) is 23.0. The Morgan fingerprint density at radius 1 is 1.10 bits per heavy atom. The lowest BCUT2D eigenvalue weighted by molar-refractivity contribution is 0.326. The molecule has 0 bridgehead atoms. The van der Waals surface area contributed by atoms with Gasteiger partial charge in [-0.3, -0.25) is 0 Å². The lowest BCUT2D eigenvalue weighted by Gasteiger charge is -2.16. The van der Waals surface area contributed by atoms with E-state index in [1.807, 2.05) is 0 Å². The molecular weight excluding hydrogens is 276 g/mol. The Labute approximate surface area is 121 Å². The van der Waals surface area contributed by atoms with Crippen LogP contribution in [0.15, 0.2) is 22.7 Å². The van der Waals surface area contributed by atoms with Crippen molar-refractivity contribution < 1.29 is 13.3 Å². The molecule has 4 nitrogen and oxygen atoms in total. The number of halogens is 2. The summed E-state index contributed by atoms with van der Waals surface area (Å²) in [4.78, 5) is 4.32. The summed E-state index contributed by atoms with van der Waals surface area (Å²) in [6, 6.07) is 3.56. The number of hydrogen-bond acceptors (Lipinski definition) is 4. The van der Waals surface area contributed by atoms with Gasteiger partial charge in [0, 0.05) is 11.6 Å². The third-order valence-corrected chi connectivity index (χ3v) is 4.01. The monoisotopic (exact) mass is 293 g/mol. The Hall–Kier alpha value is -1.82. The van der Waals surface area contributed by atoms with Crippen molar-refractivity contribution in [3.63, 3.8) is 0 Å². The SMILES string of the molecule is NC1CCCCCC1c1nc(-c2ccc(F)c(F)c2)no1. The summed E-state index contributed by atoms with van der Waals surface area (Å²) in [5.74, 6) is -1.03. The fourth-order valence-electron chi connectivity index (χ4n) is 2.78. The van der Waals surface area contributed by atoms with E-state index < -0.39 is 11.6 Å². The zero-order valence-corrected chi connectivity index (χ0v) is 11.6. The number of hydrogen-bond donors (Lipinski definition) is 1. The molecule has 1 fully saturated rings. The molecule has 1 heterocycles. The average Bonchev–Trinajstić information content (AvgIpc) is 2.85. The number of nitrogens with two attached hydrogens (primary N) is 1. The summed E-state index contributed by atoms with van der Waals surface area (Å²) in [5.41, 5.74) is 6.56. The van der Waals surface area contributed by atoms with Crippen molar-refractivity contribution in [2.75, 3.05) is 0 Å². The van der Waals surface area contributed by atoms with Gasteiger partial charge in [-0.05, 0) is 31.0 Å². The van der Waals surface area contributed by atoms with E-state index in [-0.39, 0.29) is 17.8 Å². The van der Waals surface area contributed by atoms with E-state index in [0.717, 1.165) is 44.2 Å². The van der Waals surface area contributed by atoms with E-state index in [1.165, 1.54) is 6.07 Å². The standard InChI is InChI=1S/C15H17F2N3O/c16-11-7-6-9(8-12(11)17)14-19-15(21-20-14)10-4-2-1-3-5-13(10)18/h6-8,10,13H,1-5,18H2. The summed E-state index contributed by atoms with van der Waals surface area (Å²) in [7, 11) is 0. The van der Waals surface area contributed by atoms with Gasteiger partial charge < -0.3 is 10.3 Å². The Bertz CT molecular complexity index is 629. The van der Waals surface area contributed by atoms with Crippen LogP contribution in [-0.4, -0.2) is 16.2 Å². The summed E-state index contributed by atoms with van der Waals surface area (Å²) in [6.07, 6.45) is 5.21. The number of rotatable bonds is 2. The first-order valence-electron chi connectivity index (χ1n) is 7.20. The smallest absolute Gasteiger partial charge is 0.231 e. The second-order valence-electron chi connectivity index (χ2n) is 5.49. The molecule has 0 radical (unpaired) electrons. The third kappa shape index (κ3) is 2.95. The minimum Gasteiger partial charge on any atom is -0.339 e. The molecule has 0 saturated heterocycles. The van der Waals surface area contributed by atoms with Crippen LogP contribution in [0.2, 0.25) is 0 Å². The van der Waals surface area contributed by atoms with Crippen LogP contribution < -0.4 is 5.73 Å². The number of nitrogens with zero attached hydrogens (tertiary/aromatic N) is 2. The van der Waals surface area contributed by atoms with Crippen molar-refractivity contribution in [2.45, 2.75) is 44.1 Å². The largest absolute Gasteiger partial charge is 0.339 e. The van der Waals surface area contributed by atoms with Crippen molar-refractivity contribution in [3.05, 3.63) is 35.7 Å². The molecule has 1 saturated carbocycles. The summed E-state index contributed by atoms with van der Waals surface area (Å²) in [6.45, 7) is 0. The van der Waals surface area contributed by atoms with Crippen molar-refractivity contribution in [1.82, 2.24) is 10.1 Å². The Balaban J connectivity index is 1.86. The zero-order chi connectivity index (χ0) is 14.8. The van der Waals surface area contributed by atoms with Crippen LogP contribution in [0.4, 0.5) is 8.78 Å². The molecule has 2 unspecified atom stereocenters. The van der Waals surface area contributed by atoms with Gasteiger partial charge in [0.05, 0.1) is 5.92 Å². The highest BCUT2D eigenvalue weighted by atomic mass is 19.2. The van der Waals surface area contributed by atoms with Crippen LogP contribution in [0.25, 0.3) is 11.4 Å². The quantitative estimate of drug-likeness (QED) is 0.862. The van der Waals surface area contributed by atoms with Crippen LogP contribution in [-0.2, 0) is 0 Å². The van der Waals surface area contributed by atoms with Gasteiger partial charge in [-0.2, -0.15) is 4.98 Å². The maximum atomic E-state index is 13.3. The highest BCUT2D eigenvalue weighted by Crippen LogP contribution is 2.31. The van der Waals surface area contributed by atoms with Gasteiger partial charge in [0.25, 0.3) is 0 Å². The van der Waals surface area contributed by atoms with E-state index >= 15 is 0 Å². The first-order chi connectivity index (χ1) is 10.1. The Morgan fingerprint density at radius 2 is 1.90 bits per heavy atom. The highest BCUT2D eigenvalue weighted by molar-refractivity contribution is 5.54. The minimum atomic E-state index is -0.926. The Kier molecular flexibility index (Phi) is 3.96. The molecule has 2 aromatic rings. The molecule has 1 aromatic carbocycles. The number of aromatic nitrogens is 2. The maximum absolute atomic E-state index is 13.3. The third-order valence-electron chi connectivity index (χ3n) is 4.01. The van der Waals surface area contributed by atoms with E-state index in [0.29, 0.717) is 11.5 Å². The summed E-state index contributed by atoms with van der Waals surface area (Å²) < 4.78 is 31.5. The van der Waals surface area contributed by atoms with Gasteiger partial charge in [0.2, 0.25) is 11.7 Å². The van der Waals surface area contributed by atoms with Crippen LogP contribution in [0, 0.1) is 11.6 Å². The molecule has 1 aliphatic rings. The number of benzene rings is 1. The lowest BCUT2D eigenvalue weighted by atomic mass is 9.95. The molecule has 0 aliphatic heterocycles. The van der Waals surface area contributed by atoms with E-state index in [4.69, 9.17) is 10.3 Å². The molecule has 2 atom stereocenters. The molecule has 3 rings (SSSR count). The molecule has 1 aromatic heterocycles.